The van der Waals surface area contributed by atoms with Gasteiger partial charge in [0.25, 0.3) is 5.91 Å². The van der Waals surface area contributed by atoms with Gasteiger partial charge >= 0.3 is 0 Å². The van der Waals surface area contributed by atoms with Crippen molar-refractivity contribution in [3.63, 3.8) is 0 Å². The van der Waals surface area contributed by atoms with Crippen molar-refractivity contribution in [2.45, 2.75) is 6.92 Å². The Morgan fingerprint density at radius 2 is 2.30 bits per heavy atom. The lowest BCUT2D eigenvalue weighted by Crippen LogP contribution is -2.13. The number of imidazole rings is 1. The number of amides is 1. The fourth-order valence-corrected chi connectivity index (χ4v) is 1.91. The summed E-state index contributed by atoms with van der Waals surface area (Å²) < 4.78 is 3.33. The third-order valence-corrected chi connectivity index (χ3v) is 2.77. The van der Waals surface area contributed by atoms with E-state index >= 15 is 0 Å². The Labute approximate surface area is 114 Å². The molecule has 0 aliphatic heterocycles. The molecule has 0 radical (unpaired) electrons. The number of nitrogens with one attached hydrogen (secondary N) is 1. The van der Waals surface area contributed by atoms with Crippen molar-refractivity contribution >= 4 is 17.4 Å². The maximum atomic E-state index is 11.1. The number of fused-ring (bicyclic) bond motifs is 1. The fourth-order valence-electron chi connectivity index (χ4n) is 1.91. The first-order chi connectivity index (χ1) is 9.69. The van der Waals surface area contributed by atoms with E-state index in [0.29, 0.717) is 17.3 Å². The van der Waals surface area contributed by atoms with Crippen LogP contribution < -0.4 is 11.1 Å². The summed E-state index contributed by atoms with van der Waals surface area (Å²) in [4.78, 5) is 19.8. The normalized spacial score (nSPS) is 10.8. The molecule has 8 nitrogen and oxygen atoms in total. The van der Waals surface area contributed by atoms with Gasteiger partial charge in [-0.1, -0.05) is 0 Å². The molecule has 0 saturated heterocycles. The number of rotatable bonds is 4. The molecule has 0 unspecified atom stereocenters. The molecule has 3 rings (SSSR count). The lowest BCUT2D eigenvalue weighted by molar-refractivity contribution is 0.0995. The van der Waals surface area contributed by atoms with Crippen molar-refractivity contribution in [2.24, 2.45) is 5.73 Å². The molecule has 3 N–H and O–H groups in total. The van der Waals surface area contributed by atoms with Gasteiger partial charge in [-0.15, -0.1) is 0 Å². The van der Waals surface area contributed by atoms with Crippen LogP contribution in [0, 0.1) is 0 Å². The van der Waals surface area contributed by atoms with E-state index < -0.39 is 5.91 Å². The molecule has 3 heterocycles. The van der Waals surface area contributed by atoms with Gasteiger partial charge in [0.15, 0.2) is 11.5 Å². The van der Waals surface area contributed by atoms with Gasteiger partial charge < -0.3 is 15.5 Å². The Morgan fingerprint density at radius 1 is 1.45 bits per heavy atom. The Balaban J connectivity index is 2.17. The van der Waals surface area contributed by atoms with Crippen molar-refractivity contribution in [1.29, 1.82) is 0 Å². The summed E-state index contributed by atoms with van der Waals surface area (Å²) in [5, 5.41) is 7.25. The van der Waals surface area contributed by atoms with Crippen LogP contribution in [0.3, 0.4) is 0 Å². The second-order valence-electron chi connectivity index (χ2n) is 4.15. The van der Waals surface area contributed by atoms with Crippen LogP contribution in [0.4, 0.5) is 5.82 Å². The van der Waals surface area contributed by atoms with Gasteiger partial charge in [-0.3, -0.25) is 4.79 Å². The molecule has 3 aromatic heterocycles. The summed E-state index contributed by atoms with van der Waals surface area (Å²) in [5.41, 5.74) is 6.04. The molecule has 0 saturated carbocycles. The maximum absolute atomic E-state index is 11.1. The predicted molar refractivity (Wildman–Crippen MR) is 72.8 cm³/mol. The molecule has 0 aliphatic rings. The third-order valence-electron chi connectivity index (χ3n) is 2.77. The van der Waals surface area contributed by atoms with Crippen LogP contribution in [0.25, 0.3) is 11.5 Å². The number of anilines is 1. The summed E-state index contributed by atoms with van der Waals surface area (Å²) in [6.45, 7) is 2.73. The van der Waals surface area contributed by atoms with E-state index in [1.165, 1.54) is 4.68 Å². The molecule has 3 aromatic rings. The van der Waals surface area contributed by atoms with E-state index in [1.54, 1.807) is 18.5 Å². The summed E-state index contributed by atoms with van der Waals surface area (Å²) in [6, 6.07) is 1.55. The molecule has 0 atom stereocenters. The van der Waals surface area contributed by atoms with Crippen LogP contribution >= 0.6 is 0 Å². The van der Waals surface area contributed by atoms with Crippen LogP contribution in [-0.2, 0) is 0 Å². The van der Waals surface area contributed by atoms with Crippen LogP contribution in [0.2, 0.25) is 0 Å². The smallest absolute Gasteiger partial charge is 0.269 e. The topological polar surface area (TPSA) is 103 Å². The van der Waals surface area contributed by atoms with Crippen LogP contribution in [0.15, 0.2) is 30.9 Å². The Kier molecular flexibility index (Phi) is 2.82. The number of hydrogen-bond donors (Lipinski definition) is 2. The molecular weight excluding hydrogens is 258 g/mol. The van der Waals surface area contributed by atoms with Crippen molar-refractivity contribution in [2.75, 3.05) is 11.9 Å². The first-order valence-electron chi connectivity index (χ1n) is 6.12. The summed E-state index contributed by atoms with van der Waals surface area (Å²) in [7, 11) is 0. The molecule has 0 spiro atoms. The van der Waals surface area contributed by atoms with Crippen molar-refractivity contribution < 1.29 is 4.79 Å². The highest BCUT2D eigenvalue weighted by molar-refractivity contribution is 5.90. The van der Waals surface area contributed by atoms with Crippen LogP contribution in [0.5, 0.6) is 0 Å². The largest absolute Gasteiger partial charge is 0.369 e. The predicted octanol–water partition coefficient (Wildman–Crippen LogP) is 0.446. The van der Waals surface area contributed by atoms with Crippen LogP contribution in [0.1, 0.15) is 17.4 Å². The zero-order valence-corrected chi connectivity index (χ0v) is 10.8. The van der Waals surface area contributed by atoms with E-state index in [4.69, 9.17) is 5.73 Å². The van der Waals surface area contributed by atoms with Crippen LogP contribution in [-0.4, -0.2) is 36.6 Å². The molecular formula is C12H13N7O. The summed E-state index contributed by atoms with van der Waals surface area (Å²) in [6.07, 6.45) is 6.97. The molecule has 0 aromatic carbocycles. The maximum Gasteiger partial charge on any atom is 0.269 e. The molecule has 1 amide bonds. The number of carbonyl (C=O) groups is 1. The third kappa shape index (κ3) is 1.96. The highest BCUT2D eigenvalue weighted by atomic mass is 16.1. The molecule has 0 bridgehead atoms. The minimum atomic E-state index is -0.578. The van der Waals surface area contributed by atoms with E-state index in [2.05, 4.69) is 20.4 Å². The lowest BCUT2D eigenvalue weighted by atomic mass is 10.4. The van der Waals surface area contributed by atoms with Gasteiger partial charge in [0.1, 0.15) is 11.5 Å². The van der Waals surface area contributed by atoms with E-state index in [0.717, 1.165) is 6.54 Å². The van der Waals surface area contributed by atoms with Crippen molar-refractivity contribution in [1.82, 2.24) is 24.1 Å². The Bertz CT molecular complexity index is 773. The van der Waals surface area contributed by atoms with Gasteiger partial charge in [0, 0.05) is 25.1 Å². The van der Waals surface area contributed by atoms with E-state index in [9.17, 15) is 4.79 Å². The average molecular weight is 271 g/mol. The Hall–Kier alpha value is -2.90. The van der Waals surface area contributed by atoms with E-state index in [-0.39, 0.29) is 5.69 Å². The standard InChI is InChI=1S/C12H13N7O/c1-2-14-9-7-18-6-4-15-11(18)12(16-9)19-5-3-8(17-19)10(13)20/h3-7,14H,2H2,1H3,(H2,13,20). The average Bonchev–Trinajstić information content (AvgIpc) is 3.07. The zero-order chi connectivity index (χ0) is 14.1. The first kappa shape index (κ1) is 12.2. The first-order valence-corrected chi connectivity index (χ1v) is 6.12. The molecule has 0 aliphatic carbocycles. The molecule has 20 heavy (non-hydrogen) atoms. The number of nitrogens with two attached hydrogens (primary N) is 1. The number of aromatic nitrogens is 5. The van der Waals surface area contributed by atoms with E-state index in [1.807, 2.05) is 23.7 Å². The summed E-state index contributed by atoms with van der Waals surface area (Å²) in [5.74, 6) is 0.649. The lowest BCUT2D eigenvalue weighted by Gasteiger charge is -2.07. The van der Waals surface area contributed by atoms with Gasteiger partial charge in [-0.25, -0.2) is 14.6 Å². The monoisotopic (exact) mass is 271 g/mol. The minimum absolute atomic E-state index is 0.186. The fraction of sp³-hybridized carbons (Fsp3) is 0.167. The molecule has 102 valence electrons. The quantitative estimate of drug-likeness (QED) is 0.717. The number of carbonyl (C=O) groups excluding carboxylic acids is 1. The second-order valence-corrected chi connectivity index (χ2v) is 4.15. The highest BCUT2D eigenvalue weighted by Crippen LogP contribution is 2.15. The second kappa shape index (κ2) is 4.65. The van der Waals surface area contributed by atoms with Gasteiger partial charge in [0.2, 0.25) is 0 Å². The van der Waals surface area contributed by atoms with Crippen molar-refractivity contribution in [3.05, 3.63) is 36.5 Å². The van der Waals surface area contributed by atoms with Crippen molar-refractivity contribution in [3.8, 4) is 5.82 Å². The molecule has 0 fully saturated rings. The van der Waals surface area contributed by atoms with Gasteiger partial charge in [-0.2, -0.15) is 5.10 Å². The Morgan fingerprint density at radius 3 is 3.00 bits per heavy atom. The number of hydrogen-bond acceptors (Lipinski definition) is 5. The number of primary amides is 1. The van der Waals surface area contributed by atoms with Gasteiger partial charge in [0.05, 0.1) is 6.20 Å². The SMILES string of the molecule is CCNc1cn2ccnc2c(-n2ccc(C(N)=O)n2)n1. The number of nitrogens with zero attached hydrogens (tertiary/aromatic N) is 5. The molecule has 8 heteroatoms. The minimum Gasteiger partial charge on any atom is -0.369 e. The summed E-state index contributed by atoms with van der Waals surface area (Å²) >= 11 is 0. The van der Waals surface area contributed by atoms with Gasteiger partial charge in [-0.05, 0) is 13.0 Å². The zero-order valence-electron chi connectivity index (χ0n) is 10.8. The highest BCUT2D eigenvalue weighted by Gasteiger charge is 2.12.